The van der Waals surface area contributed by atoms with Crippen molar-refractivity contribution in [3.8, 4) is 28.7 Å². The second-order valence-corrected chi connectivity index (χ2v) is 6.82. The quantitative estimate of drug-likeness (QED) is 0.481. The molecule has 8 heteroatoms. The van der Waals surface area contributed by atoms with Gasteiger partial charge in [-0.3, -0.25) is 4.90 Å². The number of hydrogen-bond acceptors (Lipinski definition) is 7. The van der Waals surface area contributed by atoms with E-state index in [1.807, 2.05) is 56.4 Å². The molecule has 2 aromatic carbocycles. The molecular formula is C21H25N3O4S. The van der Waals surface area contributed by atoms with Crippen LogP contribution in [-0.4, -0.2) is 42.6 Å². The predicted molar refractivity (Wildman–Crippen MR) is 113 cm³/mol. The maximum absolute atomic E-state index is 5.67. The maximum atomic E-state index is 5.67. The molecule has 3 rings (SSSR count). The van der Waals surface area contributed by atoms with Crippen molar-refractivity contribution >= 4 is 12.2 Å². The average molecular weight is 416 g/mol. The van der Waals surface area contributed by atoms with Gasteiger partial charge in [-0.1, -0.05) is 6.07 Å². The van der Waals surface area contributed by atoms with E-state index >= 15 is 0 Å². The van der Waals surface area contributed by atoms with Gasteiger partial charge < -0.3 is 18.6 Å². The van der Waals surface area contributed by atoms with Gasteiger partial charge in [-0.2, -0.15) is 0 Å². The van der Waals surface area contributed by atoms with E-state index in [0.29, 0.717) is 30.5 Å². The standard InChI is InChI=1S/C21H25N3O4S/c1-5-27-18-11-6-15(12-19(18)26-4)13-23(2)14-24-21(29)28-20(22-24)16-7-9-17(25-3)10-8-16/h6-12H,5,13-14H2,1-4H3. The highest BCUT2D eigenvalue weighted by Gasteiger charge is 2.12. The number of hydrogen-bond donors (Lipinski definition) is 0. The minimum absolute atomic E-state index is 0.326. The second-order valence-electron chi connectivity index (χ2n) is 6.47. The summed E-state index contributed by atoms with van der Waals surface area (Å²) in [6.07, 6.45) is 0. The summed E-state index contributed by atoms with van der Waals surface area (Å²) in [7, 11) is 5.26. The molecule has 0 aliphatic heterocycles. The lowest BCUT2D eigenvalue weighted by molar-refractivity contribution is 0.240. The summed E-state index contributed by atoms with van der Waals surface area (Å²) in [4.78, 5) is 2.41. The Labute approximate surface area is 175 Å². The molecule has 1 heterocycles. The van der Waals surface area contributed by atoms with Crippen LogP contribution in [0.5, 0.6) is 17.2 Å². The molecule has 0 amide bonds. The summed E-state index contributed by atoms with van der Waals surface area (Å²) >= 11 is 5.34. The van der Waals surface area contributed by atoms with Crippen LogP contribution in [0.25, 0.3) is 11.5 Å². The Morgan fingerprint density at radius 2 is 1.83 bits per heavy atom. The number of methoxy groups -OCH3 is 2. The summed E-state index contributed by atoms with van der Waals surface area (Å²) in [5, 5.41) is 4.51. The van der Waals surface area contributed by atoms with E-state index < -0.39 is 0 Å². The Bertz CT molecular complexity index is 998. The lowest BCUT2D eigenvalue weighted by Crippen LogP contribution is -2.22. The Balaban J connectivity index is 1.70. The molecule has 0 saturated carbocycles. The molecular weight excluding hydrogens is 390 g/mol. The third kappa shape index (κ3) is 5.16. The molecule has 29 heavy (non-hydrogen) atoms. The first-order chi connectivity index (χ1) is 14.0. The Morgan fingerprint density at radius 3 is 2.48 bits per heavy atom. The largest absolute Gasteiger partial charge is 0.497 e. The first-order valence-electron chi connectivity index (χ1n) is 9.24. The molecule has 0 bridgehead atoms. The number of benzene rings is 2. The highest BCUT2D eigenvalue weighted by atomic mass is 32.1. The summed E-state index contributed by atoms with van der Waals surface area (Å²) in [6.45, 7) is 3.72. The highest BCUT2D eigenvalue weighted by molar-refractivity contribution is 7.71. The smallest absolute Gasteiger partial charge is 0.288 e. The van der Waals surface area contributed by atoms with Crippen LogP contribution in [0.3, 0.4) is 0 Å². The molecule has 0 aliphatic carbocycles. The first-order valence-corrected chi connectivity index (χ1v) is 9.65. The van der Waals surface area contributed by atoms with E-state index in [1.165, 1.54) is 0 Å². The van der Waals surface area contributed by atoms with E-state index in [2.05, 4.69) is 10.00 Å². The second kappa shape index (κ2) is 9.58. The van der Waals surface area contributed by atoms with Gasteiger partial charge in [0.25, 0.3) is 4.84 Å². The molecule has 7 nitrogen and oxygen atoms in total. The van der Waals surface area contributed by atoms with E-state index in [1.54, 1.807) is 18.9 Å². The zero-order chi connectivity index (χ0) is 20.8. The van der Waals surface area contributed by atoms with Gasteiger partial charge in [0.15, 0.2) is 11.5 Å². The Kier molecular flexibility index (Phi) is 6.90. The fourth-order valence-corrected chi connectivity index (χ4v) is 3.10. The summed E-state index contributed by atoms with van der Waals surface area (Å²) < 4.78 is 23.5. The van der Waals surface area contributed by atoms with Crippen LogP contribution in [0.2, 0.25) is 0 Å². The molecule has 1 aromatic heterocycles. The predicted octanol–water partition coefficient (Wildman–Crippen LogP) is 4.38. The molecule has 0 spiro atoms. The van der Waals surface area contributed by atoms with Crippen molar-refractivity contribution in [2.24, 2.45) is 0 Å². The average Bonchev–Trinajstić information content (AvgIpc) is 3.09. The maximum Gasteiger partial charge on any atom is 0.288 e. The molecule has 3 aromatic rings. The van der Waals surface area contributed by atoms with Crippen LogP contribution < -0.4 is 14.2 Å². The molecule has 0 aliphatic rings. The van der Waals surface area contributed by atoms with Gasteiger partial charge in [0.1, 0.15) is 5.75 Å². The molecule has 0 saturated heterocycles. The SMILES string of the molecule is CCOc1ccc(CN(C)Cn2nc(-c3ccc(OC)cc3)oc2=S)cc1OC. The van der Waals surface area contributed by atoms with Crippen LogP contribution in [-0.2, 0) is 13.2 Å². The fourth-order valence-electron chi connectivity index (χ4n) is 2.92. The van der Waals surface area contributed by atoms with Crippen molar-refractivity contribution in [1.82, 2.24) is 14.7 Å². The van der Waals surface area contributed by atoms with Crippen molar-refractivity contribution in [1.29, 1.82) is 0 Å². The van der Waals surface area contributed by atoms with E-state index in [0.717, 1.165) is 28.4 Å². The third-order valence-electron chi connectivity index (χ3n) is 4.30. The summed E-state index contributed by atoms with van der Waals surface area (Å²) in [5.74, 6) is 2.72. The zero-order valence-corrected chi connectivity index (χ0v) is 17.9. The van der Waals surface area contributed by atoms with Crippen molar-refractivity contribution in [2.45, 2.75) is 20.1 Å². The van der Waals surface area contributed by atoms with Gasteiger partial charge >= 0.3 is 0 Å². The third-order valence-corrected chi connectivity index (χ3v) is 4.59. The van der Waals surface area contributed by atoms with Crippen LogP contribution in [0.15, 0.2) is 46.9 Å². The monoisotopic (exact) mass is 415 g/mol. The van der Waals surface area contributed by atoms with Crippen molar-refractivity contribution in [3.05, 3.63) is 52.9 Å². The summed E-state index contributed by atoms with van der Waals surface area (Å²) in [6, 6.07) is 13.4. The van der Waals surface area contributed by atoms with E-state index in [9.17, 15) is 0 Å². The Hall–Kier alpha value is -2.84. The van der Waals surface area contributed by atoms with Gasteiger partial charge in [0.05, 0.1) is 27.5 Å². The first kappa shape index (κ1) is 20.9. The minimum Gasteiger partial charge on any atom is -0.497 e. The van der Waals surface area contributed by atoms with Gasteiger partial charge in [-0.05, 0) is 68.2 Å². The molecule has 0 N–H and O–H groups in total. The summed E-state index contributed by atoms with van der Waals surface area (Å²) in [5.41, 5.74) is 1.94. The number of nitrogens with zero attached hydrogens (tertiary/aromatic N) is 3. The van der Waals surface area contributed by atoms with Crippen LogP contribution >= 0.6 is 12.2 Å². The van der Waals surface area contributed by atoms with Crippen LogP contribution in [0.1, 0.15) is 12.5 Å². The molecule has 0 atom stereocenters. The van der Waals surface area contributed by atoms with E-state index in [4.69, 9.17) is 30.8 Å². The molecule has 0 radical (unpaired) electrons. The van der Waals surface area contributed by atoms with Crippen molar-refractivity contribution in [2.75, 3.05) is 27.9 Å². The fraction of sp³-hybridized carbons (Fsp3) is 0.333. The number of ether oxygens (including phenoxy) is 3. The highest BCUT2D eigenvalue weighted by Crippen LogP contribution is 2.28. The lowest BCUT2D eigenvalue weighted by atomic mass is 10.2. The van der Waals surface area contributed by atoms with Crippen LogP contribution in [0.4, 0.5) is 0 Å². The zero-order valence-electron chi connectivity index (χ0n) is 17.0. The van der Waals surface area contributed by atoms with Gasteiger partial charge in [0.2, 0.25) is 5.89 Å². The van der Waals surface area contributed by atoms with Gasteiger partial charge in [-0.25, -0.2) is 4.68 Å². The van der Waals surface area contributed by atoms with Crippen LogP contribution in [0, 0.1) is 4.84 Å². The molecule has 0 fully saturated rings. The molecule has 0 unspecified atom stereocenters. The number of rotatable bonds is 9. The number of aromatic nitrogens is 2. The van der Waals surface area contributed by atoms with E-state index in [-0.39, 0.29) is 0 Å². The van der Waals surface area contributed by atoms with Gasteiger partial charge in [-0.15, -0.1) is 5.10 Å². The lowest BCUT2D eigenvalue weighted by Gasteiger charge is -2.17. The Morgan fingerprint density at radius 1 is 1.07 bits per heavy atom. The molecule has 154 valence electrons. The normalized spacial score (nSPS) is 10.9. The van der Waals surface area contributed by atoms with Gasteiger partial charge in [0, 0.05) is 12.1 Å². The van der Waals surface area contributed by atoms with Crippen molar-refractivity contribution in [3.63, 3.8) is 0 Å². The topological polar surface area (TPSA) is 61.9 Å². The van der Waals surface area contributed by atoms with Crippen molar-refractivity contribution < 1.29 is 18.6 Å². The minimum atomic E-state index is 0.326.